The number of Topliss-reactive ketones (excluding diaryl/α,β-unsaturated/α-hetero) is 1. The second-order valence-electron chi connectivity index (χ2n) is 6.63. The number of nitrogen functional groups attached to an aromatic ring is 1. The van der Waals surface area contributed by atoms with Crippen LogP contribution in [0.25, 0.3) is 10.8 Å². The summed E-state index contributed by atoms with van der Waals surface area (Å²) in [5, 5.41) is 4.73. The van der Waals surface area contributed by atoms with Gasteiger partial charge in [0, 0.05) is 17.8 Å². The predicted octanol–water partition coefficient (Wildman–Crippen LogP) is 3.57. The number of fused-ring (bicyclic) bond motifs is 1. The van der Waals surface area contributed by atoms with E-state index >= 15 is 0 Å². The maximum Gasteiger partial charge on any atom is 0.257 e. The van der Waals surface area contributed by atoms with Gasteiger partial charge in [0.2, 0.25) is 5.95 Å². The van der Waals surface area contributed by atoms with Crippen molar-refractivity contribution in [3.05, 3.63) is 57.1 Å². The van der Waals surface area contributed by atoms with Crippen LogP contribution < -0.4 is 16.6 Å². The molecule has 0 aliphatic rings. The number of anilines is 2. The van der Waals surface area contributed by atoms with Gasteiger partial charge in [-0.05, 0) is 24.4 Å². The molecule has 0 aliphatic heterocycles. The Morgan fingerprint density at radius 1 is 1.30 bits per heavy atom. The number of carbonyl (C=O) groups excluding carboxylic acids is 1. The molecule has 27 heavy (non-hydrogen) atoms. The van der Waals surface area contributed by atoms with Crippen LogP contribution in [-0.4, -0.2) is 20.7 Å². The van der Waals surface area contributed by atoms with Gasteiger partial charge in [-0.15, -0.1) is 0 Å². The Hall–Kier alpha value is -2.93. The minimum absolute atomic E-state index is 0.0591. The van der Waals surface area contributed by atoms with Crippen molar-refractivity contribution in [3.63, 3.8) is 0 Å². The third-order valence-corrected chi connectivity index (χ3v) is 4.57. The highest BCUT2D eigenvalue weighted by Crippen LogP contribution is 2.25. The van der Waals surface area contributed by atoms with E-state index in [2.05, 4.69) is 20.3 Å². The van der Waals surface area contributed by atoms with Gasteiger partial charge in [0.05, 0.1) is 22.0 Å². The molecule has 2 heterocycles. The smallest absolute Gasteiger partial charge is 0.257 e. The third-order valence-electron chi connectivity index (χ3n) is 4.26. The number of H-pyrrole nitrogens is 1. The zero-order valence-electron chi connectivity index (χ0n) is 15.2. The number of nitrogens with zero attached hydrogens (tertiary/aromatic N) is 2. The normalized spacial score (nSPS) is 12.3. The maximum atomic E-state index is 12.4. The number of halogens is 1. The van der Waals surface area contributed by atoms with E-state index in [1.54, 1.807) is 26.0 Å². The SMILES string of the molecule is CC(C)C(=O)c1cnc(N)nc1NC(C)c1cc2cccc(Cl)c2c(=O)[nH]1. The van der Waals surface area contributed by atoms with Crippen LogP contribution in [-0.2, 0) is 0 Å². The van der Waals surface area contributed by atoms with Gasteiger partial charge in [-0.1, -0.05) is 37.6 Å². The fraction of sp³-hybridized carbons (Fsp3) is 0.263. The number of nitrogens with one attached hydrogen (secondary N) is 2. The number of aromatic amines is 1. The fourth-order valence-corrected chi connectivity index (χ4v) is 3.08. The first-order valence-corrected chi connectivity index (χ1v) is 8.90. The van der Waals surface area contributed by atoms with Crippen LogP contribution >= 0.6 is 11.6 Å². The molecular weight excluding hydrogens is 366 g/mol. The largest absolute Gasteiger partial charge is 0.368 e. The molecule has 3 rings (SSSR count). The van der Waals surface area contributed by atoms with Crippen LogP contribution in [0.1, 0.15) is 42.9 Å². The summed E-state index contributed by atoms with van der Waals surface area (Å²) >= 11 is 6.12. The minimum atomic E-state index is -0.339. The van der Waals surface area contributed by atoms with Gasteiger partial charge in [0.1, 0.15) is 5.82 Å². The fourth-order valence-electron chi connectivity index (χ4n) is 2.81. The highest BCUT2D eigenvalue weighted by Gasteiger charge is 2.19. The molecule has 0 saturated carbocycles. The summed E-state index contributed by atoms with van der Waals surface area (Å²) in [7, 11) is 0. The number of benzene rings is 1. The first-order valence-electron chi connectivity index (χ1n) is 8.52. The quantitative estimate of drug-likeness (QED) is 0.578. The number of hydrogen-bond acceptors (Lipinski definition) is 6. The molecule has 0 bridgehead atoms. The Labute approximate surface area is 161 Å². The molecule has 1 atom stereocenters. The summed E-state index contributed by atoms with van der Waals surface area (Å²) < 4.78 is 0. The lowest BCUT2D eigenvalue weighted by atomic mass is 10.0. The minimum Gasteiger partial charge on any atom is -0.368 e. The van der Waals surface area contributed by atoms with E-state index in [9.17, 15) is 9.59 Å². The van der Waals surface area contributed by atoms with Gasteiger partial charge in [-0.25, -0.2) is 4.98 Å². The number of ketones is 1. The molecule has 1 unspecified atom stereocenters. The lowest BCUT2D eigenvalue weighted by Gasteiger charge is -2.18. The monoisotopic (exact) mass is 385 g/mol. The molecule has 2 aromatic heterocycles. The third kappa shape index (κ3) is 3.78. The summed E-state index contributed by atoms with van der Waals surface area (Å²) in [5.41, 5.74) is 6.40. The Morgan fingerprint density at radius 3 is 2.74 bits per heavy atom. The summed E-state index contributed by atoms with van der Waals surface area (Å²) in [4.78, 5) is 35.8. The summed E-state index contributed by atoms with van der Waals surface area (Å²) in [6.07, 6.45) is 1.42. The molecule has 0 aliphatic carbocycles. The Bertz CT molecular complexity index is 1080. The van der Waals surface area contributed by atoms with Crippen LogP contribution in [0.2, 0.25) is 5.02 Å². The zero-order chi connectivity index (χ0) is 19.7. The number of hydrogen-bond donors (Lipinski definition) is 3. The van der Waals surface area contributed by atoms with Gasteiger partial charge in [-0.2, -0.15) is 4.98 Å². The van der Waals surface area contributed by atoms with Crippen molar-refractivity contribution in [2.75, 3.05) is 11.1 Å². The zero-order valence-corrected chi connectivity index (χ0v) is 16.0. The van der Waals surface area contributed by atoms with E-state index in [0.717, 1.165) is 5.39 Å². The highest BCUT2D eigenvalue weighted by atomic mass is 35.5. The molecule has 7 nitrogen and oxygen atoms in total. The molecule has 0 amide bonds. The molecule has 0 spiro atoms. The summed E-state index contributed by atoms with van der Waals surface area (Å²) in [5.74, 6) is 0.0868. The van der Waals surface area contributed by atoms with Gasteiger partial charge in [0.15, 0.2) is 5.78 Å². The molecule has 3 aromatic rings. The van der Waals surface area contributed by atoms with E-state index in [-0.39, 0.29) is 29.3 Å². The molecule has 4 N–H and O–H groups in total. The van der Waals surface area contributed by atoms with Gasteiger partial charge in [0.25, 0.3) is 5.56 Å². The van der Waals surface area contributed by atoms with E-state index in [4.69, 9.17) is 17.3 Å². The predicted molar refractivity (Wildman–Crippen MR) is 107 cm³/mol. The Balaban J connectivity index is 2.00. The Morgan fingerprint density at radius 2 is 2.04 bits per heavy atom. The average Bonchev–Trinajstić information content (AvgIpc) is 2.61. The van der Waals surface area contributed by atoms with Crippen LogP contribution in [0.5, 0.6) is 0 Å². The number of aromatic nitrogens is 3. The molecule has 140 valence electrons. The lowest BCUT2D eigenvalue weighted by Crippen LogP contribution is -2.19. The number of nitrogens with two attached hydrogens (primary N) is 1. The number of rotatable bonds is 5. The molecule has 8 heteroatoms. The standard InChI is InChI=1S/C19H20ClN5O2/c1-9(2)16(26)12-8-22-19(21)25-17(12)23-10(3)14-7-11-5-4-6-13(20)15(11)18(27)24-14/h4-10H,1-3H3,(H,24,27)(H3,21,22,23,25). The van der Waals surface area contributed by atoms with Crippen molar-refractivity contribution >= 4 is 39.9 Å². The van der Waals surface area contributed by atoms with E-state index in [1.165, 1.54) is 6.20 Å². The molecule has 1 aromatic carbocycles. The summed E-state index contributed by atoms with van der Waals surface area (Å²) in [6, 6.07) is 6.79. The van der Waals surface area contributed by atoms with Crippen molar-refractivity contribution in [1.82, 2.24) is 15.0 Å². The second-order valence-corrected chi connectivity index (χ2v) is 7.04. The van der Waals surface area contributed by atoms with Gasteiger partial charge in [-0.3, -0.25) is 9.59 Å². The summed E-state index contributed by atoms with van der Waals surface area (Å²) in [6.45, 7) is 5.45. The van der Waals surface area contributed by atoms with Crippen LogP contribution in [0.15, 0.2) is 35.3 Å². The van der Waals surface area contributed by atoms with E-state index in [1.807, 2.05) is 19.1 Å². The van der Waals surface area contributed by atoms with Crippen LogP contribution in [0.3, 0.4) is 0 Å². The Kier molecular flexibility index (Phi) is 5.14. The first-order chi connectivity index (χ1) is 12.8. The van der Waals surface area contributed by atoms with E-state index in [0.29, 0.717) is 27.5 Å². The van der Waals surface area contributed by atoms with Gasteiger partial charge < -0.3 is 16.0 Å². The maximum absolute atomic E-state index is 12.4. The van der Waals surface area contributed by atoms with Crippen molar-refractivity contribution in [3.8, 4) is 0 Å². The second kappa shape index (κ2) is 7.36. The molecule has 0 radical (unpaired) electrons. The van der Waals surface area contributed by atoms with Crippen molar-refractivity contribution in [2.24, 2.45) is 5.92 Å². The first kappa shape index (κ1) is 18.8. The molecule has 0 saturated heterocycles. The average molecular weight is 386 g/mol. The van der Waals surface area contributed by atoms with E-state index < -0.39 is 0 Å². The van der Waals surface area contributed by atoms with Crippen molar-refractivity contribution in [2.45, 2.75) is 26.8 Å². The topological polar surface area (TPSA) is 114 Å². The lowest BCUT2D eigenvalue weighted by molar-refractivity contribution is 0.0939. The number of carbonyl (C=O) groups is 1. The van der Waals surface area contributed by atoms with Crippen LogP contribution in [0.4, 0.5) is 11.8 Å². The number of pyridine rings is 1. The van der Waals surface area contributed by atoms with Crippen LogP contribution in [0, 0.1) is 5.92 Å². The van der Waals surface area contributed by atoms with Crippen molar-refractivity contribution in [1.29, 1.82) is 0 Å². The van der Waals surface area contributed by atoms with Gasteiger partial charge >= 0.3 is 0 Å². The molecular formula is C19H20ClN5O2. The molecule has 0 fully saturated rings. The highest BCUT2D eigenvalue weighted by molar-refractivity contribution is 6.35. The van der Waals surface area contributed by atoms with Crippen molar-refractivity contribution < 1.29 is 4.79 Å².